The van der Waals surface area contributed by atoms with Crippen LogP contribution in [-0.4, -0.2) is 13.7 Å². The Morgan fingerprint density at radius 2 is 2.17 bits per heavy atom. The Hall–Kier alpha value is -0.920. The van der Waals surface area contributed by atoms with E-state index in [0.29, 0.717) is 30.4 Å². The molecule has 98 valence electrons. The van der Waals surface area contributed by atoms with E-state index in [1.165, 1.54) is 0 Å². The van der Waals surface area contributed by atoms with Crippen LogP contribution in [0.1, 0.15) is 24.8 Å². The smallest absolute Gasteiger partial charge is 0.175 e. The van der Waals surface area contributed by atoms with E-state index in [9.17, 15) is 0 Å². The zero-order chi connectivity index (χ0) is 13.4. The van der Waals surface area contributed by atoms with E-state index >= 15 is 0 Å². The minimum atomic E-state index is 0.428. The van der Waals surface area contributed by atoms with Crippen molar-refractivity contribution in [2.24, 2.45) is 0 Å². The fraction of sp³-hybridized carbons (Fsp3) is 0.462. The topological polar surface area (TPSA) is 42.2 Å². The monoisotopic (exact) mass is 331 g/mol. The minimum Gasteiger partial charge on any atom is -0.493 e. The summed E-state index contributed by atoms with van der Waals surface area (Å²) in [6, 6.07) is 5.89. The van der Waals surface area contributed by atoms with Crippen LogP contribution in [0.3, 0.4) is 0 Å². The van der Waals surface area contributed by atoms with Gasteiger partial charge in [0.1, 0.15) is 0 Å². The van der Waals surface area contributed by atoms with Crippen LogP contribution in [0.5, 0.6) is 11.5 Å². The third-order valence-electron chi connectivity index (χ3n) is 2.37. The van der Waals surface area contributed by atoms with Crippen LogP contribution >= 0.6 is 27.5 Å². The second-order valence-corrected chi connectivity index (χ2v) is 4.83. The molecule has 0 saturated carbocycles. The first-order valence-electron chi connectivity index (χ1n) is 5.65. The Morgan fingerprint density at radius 3 is 2.78 bits per heavy atom. The highest BCUT2D eigenvalue weighted by Crippen LogP contribution is 2.37. The van der Waals surface area contributed by atoms with Gasteiger partial charge in [-0.25, -0.2) is 0 Å². The number of unbranched alkanes of at least 4 members (excludes halogenated alkanes) is 2. The first kappa shape index (κ1) is 15.1. The maximum atomic E-state index is 8.44. The molecule has 0 heterocycles. The van der Waals surface area contributed by atoms with Crippen LogP contribution in [0.4, 0.5) is 0 Å². The van der Waals surface area contributed by atoms with E-state index in [0.717, 1.165) is 22.9 Å². The second-order valence-electron chi connectivity index (χ2n) is 3.71. The molecule has 3 nitrogen and oxygen atoms in total. The Kier molecular flexibility index (Phi) is 6.92. The van der Waals surface area contributed by atoms with Gasteiger partial charge in [0.2, 0.25) is 0 Å². The van der Waals surface area contributed by atoms with Crippen LogP contribution < -0.4 is 9.47 Å². The van der Waals surface area contributed by atoms with Gasteiger partial charge in [-0.3, -0.25) is 0 Å². The normalized spacial score (nSPS) is 9.89. The van der Waals surface area contributed by atoms with Crippen molar-refractivity contribution in [2.75, 3.05) is 13.7 Å². The summed E-state index contributed by atoms with van der Waals surface area (Å²) < 4.78 is 11.8. The van der Waals surface area contributed by atoms with Crippen LogP contribution in [0, 0.1) is 11.3 Å². The van der Waals surface area contributed by atoms with Gasteiger partial charge in [0.05, 0.1) is 24.3 Å². The second kappa shape index (κ2) is 8.23. The molecule has 0 bridgehead atoms. The molecular formula is C13H15BrClNO2. The van der Waals surface area contributed by atoms with Crippen LogP contribution in [-0.2, 0) is 5.88 Å². The maximum absolute atomic E-state index is 8.44. The van der Waals surface area contributed by atoms with Crippen molar-refractivity contribution in [3.05, 3.63) is 22.2 Å². The summed E-state index contributed by atoms with van der Waals surface area (Å²) >= 11 is 9.24. The average molecular weight is 333 g/mol. The molecule has 0 aliphatic heterocycles. The van der Waals surface area contributed by atoms with Gasteiger partial charge in [0.25, 0.3) is 0 Å². The lowest BCUT2D eigenvalue weighted by molar-refractivity contribution is 0.285. The molecule has 1 aromatic carbocycles. The highest BCUT2D eigenvalue weighted by atomic mass is 79.9. The van der Waals surface area contributed by atoms with E-state index in [-0.39, 0.29) is 0 Å². The van der Waals surface area contributed by atoms with Gasteiger partial charge >= 0.3 is 0 Å². The molecule has 0 saturated heterocycles. The molecule has 0 fully saturated rings. The lowest BCUT2D eigenvalue weighted by Gasteiger charge is -2.13. The lowest BCUT2D eigenvalue weighted by Crippen LogP contribution is -2.00. The summed E-state index contributed by atoms with van der Waals surface area (Å²) in [5, 5.41) is 8.44. The Labute approximate surface area is 121 Å². The number of rotatable bonds is 7. The lowest BCUT2D eigenvalue weighted by atomic mass is 10.2. The van der Waals surface area contributed by atoms with Crippen molar-refractivity contribution in [3.8, 4) is 17.6 Å². The third-order valence-corrected chi connectivity index (χ3v) is 3.27. The van der Waals surface area contributed by atoms with Gasteiger partial charge in [-0.05, 0) is 46.5 Å². The number of ether oxygens (including phenoxy) is 2. The number of nitrogens with zero attached hydrogens (tertiary/aromatic N) is 1. The maximum Gasteiger partial charge on any atom is 0.175 e. The van der Waals surface area contributed by atoms with Gasteiger partial charge in [0, 0.05) is 12.3 Å². The molecule has 0 radical (unpaired) electrons. The average Bonchev–Trinajstić information content (AvgIpc) is 2.39. The fourth-order valence-corrected chi connectivity index (χ4v) is 2.23. The molecule has 1 rings (SSSR count). The van der Waals surface area contributed by atoms with Gasteiger partial charge in [-0.2, -0.15) is 5.26 Å². The van der Waals surface area contributed by atoms with E-state index < -0.39 is 0 Å². The van der Waals surface area contributed by atoms with Crippen molar-refractivity contribution >= 4 is 27.5 Å². The summed E-state index contributed by atoms with van der Waals surface area (Å²) in [7, 11) is 1.60. The van der Waals surface area contributed by atoms with Crippen molar-refractivity contribution in [3.63, 3.8) is 0 Å². The van der Waals surface area contributed by atoms with Crippen LogP contribution in [0.2, 0.25) is 0 Å². The van der Waals surface area contributed by atoms with Gasteiger partial charge in [-0.15, -0.1) is 11.6 Å². The standard InChI is InChI=1S/C13H15BrClNO2/c1-17-12-8-10(9-15)7-11(14)13(12)18-6-4-2-3-5-16/h7-8H,2-4,6,9H2,1H3. The van der Waals surface area contributed by atoms with Crippen molar-refractivity contribution in [2.45, 2.75) is 25.1 Å². The van der Waals surface area contributed by atoms with Gasteiger partial charge in [-0.1, -0.05) is 0 Å². The molecule has 0 aromatic heterocycles. The SMILES string of the molecule is COc1cc(CCl)cc(Br)c1OCCCCC#N. The fourth-order valence-electron chi connectivity index (χ4n) is 1.47. The third kappa shape index (κ3) is 4.40. The quantitative estimate of drug-likeness (QED) is 0.553. The first-order chi connectivity index (χ1) is 8.72. The number of benzene rings is 1. The number of nitriles is 1. The highest BCUT2D eigenvalue weighted by molar-refractivity contribution is 9.10. The minimum absolute atomic E-state index is 0.428. The van der Waals surface area contributed by atoms with Crippen molar-refractivity contribution in [1.82, 2.24) is 0 Å². The number of alkyl halides is 1. The Morgan fingerprint density at radius 1 is 1.39 bits per heavy atom. The molecule has 0 aliphatic carbocycles. The molecular weight excluding hydrogens is 318 g/mol. The molecule has 1 aromatic rings. The molecule has 0 N–H and O–H groups in total. The van der Waals surface area contributed by atoms with E-state index in [2.05, 4.69) is 22.0 Å². The van der Waals surface area contributed by atoms with Crippen molar-refractivity contribution < 1.29 is 9.47 Å². The van der Waals surface area contributed by atoms with Gasteiger partial charge < -0.3 is 9.47 Å². The number of hydrogen-bond donors (Lipinski definition) is 0. The summed E-state index contributed by atoms with van der Waals surface area (Å²) in [4.78, 5) is 0. The summed E-state index contributed by atoms with van der Waals surface area (Å²) in [5.74, 6) is 1.78. The largest absolute Gasteiger partial charge is 0.493 e. The Bertz CT molecular complexity index is 432. The summed E-state index contributed by atoms with van der Waals surface area (Å²) in [6.07, 6.45) is 2.25. The van der Waals surface area contributed by atoms with E-state index in [4.69, 9.17) is 26.3 Å². The number of methoxy groups -OCH3 is 1. The predicted molar refractivity (Wildman–Crippen MR) is 75.2 cm³/mol. The summed E-state index contributed by atoms with van der Waals surface area (Å²) in [6.45, 7) is 0.566. The van der Waals surface area contributed by atoms with Crippen molar-refractivity contribution in [1.29, 1.82) is 5.26 Å². The van der Waals surface area contributed by atoms with E-state index in [1.54, 1.807) is 7.11 Å². The molecule has 0 unspecified atom stereocenters. The molecule has 0 atom stereocenters. The predicted octanol–water partition coefficient (Wildman–Crippen LogP) is 4.27. The number of hydrogen-bond acceptors (Lipinski definition) is 3. The molecule has 5 heteroatoms. The first-order valence-corrected chi connectivity index (χ1v) is 6.97. The van der Waals surface area contributed by atoms with Crippen LogP contribution in [0.15, 0.2) is 16.6 Å². The molecule has 0 aliphatic rings. The number of halogens is 2. The molecule has 0 spiro atoms. The summed E-state index contributed by atoms with van der Waals surface area (Å²) in [5.41, 5.74) is 0.970. The zero-order valence-corrected chi connectivity index (χ0v) is 12.6. The molecule has 0 amide bonds. The van der Waals surface area contributed by atoms with Gasteiger partial charge in [0.15, 0.2) is 11.5 Å². The Balaban J connectivity index is 2.67. The van der Waals surface area contributed by atoms with E-state index in [1.807, 2.05) is 12.1 Å². The zero-order valence-electron chi connectivity index (χ0n) is 10.2. The van der Waals surface area contributed by atoms with Crippen LogP contribution in [0.25, 0.3) is 0 Å². The molecule has 18 heavy (non-hydrogen) atoms. The highest BCUT2D eigenvalue weighted by Gasteiger charge is 2.11.